The topological polar surface area (TPSA) is 38.1 Å². The number of carbonyl (C=O) groups is 1. The highest BCUT2D eigenvalue weighted by molar-refractivity contribution is 5.94. The number of rotatable bonds is 1. The van der Waals surface area contributed by atoms with Crippen LogP contribution in [0.15, 0.2) is 12.4 Å². The first-order chi connectivity index (χ1) is 9.16. The van der Waals surface area contributed by atoms with Crippen LogP contribution in [0.25, 0.3) is 0 Å². The van der Waals surface area contributed by atoms with E-state index in [-0.39, 0.29) is 5.91 Å². The first-order valence-corrected chi connectivity index (χ1v) is 7.46. The zero-order chi connectivity index (χ0) is 13.4. The van der Waals surface area contributed by atoms with Crippen molar-refractivity contribution >= 4 is 5.91 Å². The van der Waals surface area contributed by atoms with Gasteiger partial charge in [-0.25, -0.2) is 0 Å². The van der Waals surface area contributed by atoms with Crippen LogP contribution >= 0.6 is 0 Å². The van der Waals surface area contributed by atoms with Crippen molar-refractivity contribution in [3.8, 4) is 0 Å². The number of aryl methyl sites for hydroxylation is 1. The van der Waals surface area contributed by atoms with Crippen molar-refractivity contribution in [3.63, 3.8) is 0 Å². The van der Waals surface area contributed by atoms with Crippen LogP contribution in [0.5, 0.6) is 0 Å². The number of amides is 1. The third-order valence-corrected chi connectivity index (χ3v) is 4.95. The van der Waals surface area contributed by atoms with Crippen LogP contribution in [0, 0.1) is 11.8 Å². The number of likely N-dealkylation sites (tertiary alicyclic amines) is 1. The van der Waals surface area contributed by atoms with Crippen LogP contribution in [-0.2, 0) is 7.05 Å². The molecule has 1 saturated heterocycles. The lowest BCUT2D eigenvalue weighted by molar-refractivity contribution is 0.0217. The lowest BCUT2D eigenvalue weighted by atomic mass is 9.72. The van der Waals surface area contributed by atoms with Crippen molar-refractivity contribution in [3.05, 3.63) is 18.0 Å². The molecule has 3 atom stereocenters. The van der Waals surface area contributed by atoms with Crippen molar-refractivity contribution in [2.45, 2.75) is 45.1 Å². The Morgan fingerprint density at radius 1 is 1.32 bits per heavy atom. The van der Waals surface area contributed by atoms with E-state index in [2.05, 4.69) is 16.9 Å². The Kier molecular flexibility index (Phi) is 3.33. The summed E-state index contributed by atoms with van der Waals surface area (Å²) in [5.41, 5.74) is 0.737. The first kappa shape index (κ1) is 12.7. The highest BCUT2D eigenvalue weighted by Gasteiger charge is 2.39. The van der Waals surface area contributed by atoms with Gasteiger partial charge < -0.3 is 4.90 Å². The molecule has 104 valence electrons. The largest absolute Gasteiger partial charge is 0.335 e. The third-order valence-electron chi connectivity index (χ3n) is 4.95. The van der Waals surface area contributed by atoms with Crippen molar-refractivity contribution in [1.29, 1.82) is 0 Å². The van der Waals surface area contributed by atoms with E-state index in [1.165, 1.54) is 25.7 Å². The highest BCUT2D eigenvalue weighted by atomic mass is 16.2. The summed E-state index contributed by atoms with van der Waals surface area (Å²) in [7, 11) is 1.86. The maximum atomic E-state index is 12.6. The minimum Gasteiger partial charge on any atom is -0.335 e. The molecule has 0 bridgehead atoms. The number of carbonyl (C=O) groups excluding carboxylic acids is 1. The van der Waals surface area contributed by atoms with Crippen LogP contribution in [0.1, 0.15) is 49.4 Å². The molecule has 1 aromatic heterocycles. The SMILES string of the molecule is C[C@@H]1CCN(C(=O)c2cnn(C)c2)[C@@H]2CCCC[C@H]12. The average molecular weight is 261 g/mol. The maximum absolute atomic E-state index is 12.6. The van der Waals surface area contributed by atoms with Crippen molar-refractivity contribution in [2.75, 3.05) is 6.54 Å². The monoisotopic (exact) mass is 261 g/mol. The van der Waals surface area contributed by atoms with Crippen molar-refractivity contribution in [1.82, 2.24) is 14.7 Å². The molecule has 1 aromatic rings. The van der Waals surface area contributed by atoms with Gasteiger partial charge in [0, 0.05) is 25.8 Å². The molecule has 19 heavy (non-hydrogen) atoms. The van der Waals surface area contributed by atoms with E-state index in [0.29, 0.717) is 12.0 Å². The molecule has 4 heteroatoms. The summed E-state index contributed by atoms with van der Waals surface area (Å²) in [5.74, 6) is 1.66. The Morgan fingerprint density at radius 3 is 2.84 bits per heavy atom. The van der Waals surface area contributed by atoms with E-state index < -0.39 is 0 Å². The average Bonchev–Trinajstić information content (AvgIpc) is 2.86. The molecular formula is C15H23N3O. The smallest absolute Gasteiger partial charge is 0.257 e. The van der Waals surface area contributed by atoms with E-state index in [1.54, 1.807) is 10.9 Å². The molecule has 1 aliphatic carbocycles. The molecule has 0 spiro atoms. The van der Waals surface area contributed by atoms with E-state index in [4.69, 9.17) is 0 Å². The molecule has 3 rings (SSSR count). The minimum absolute atomic E-state index is 0.178. The highest BCUT2D eigenvalue weighted by Crippen LogP contribution is 2.39. The summed E-state index contributed by atoms with van der Waals surface area (Å²) >= 11 is 0. The number of nitrogens with zero attached hydrogens (tertiary/aromatic N) is 3. The standard InChI is InChI=1S/C15H23N3O/c1-11-7-8-18(14-6-4-3-5-13(11)14)15(19)12-9-16-17(2)10-12/h9-11,13-14H,3-8H2,1-2H3/t11-,13-,14-/m1/s1. The number of hydrogen-bond acceptors (Lipinski definition) is 2. The summed E-state index contributed by atoms with van der Waals surface area (Å²) in [4.78, 5) is 14.8. The van der Waals surface area contributed by atoms with Gasteiger partial charge in [-0.2, -0.15) is 5.10 Å². The summed E-state index contributed by atoms with van der Waals surface area (Å²) < 4.78 is 1.71. The van der Waals surface area contributed by atoms with Crippen molar-refractivity contribution in [2.24, 2.45) is 18.9 Å². The van der Waals surface area contributed by atoms with Crippen LogP contribution in [0.3, 0.4) is 0 Å². The zero-order valence-corrected chi connectivity index (χ0v) is 11.9. The van der Waals surface area contributed by atoms with Crippen LogP contribution in [-0.4, -0.2) is 33.2 Å². The molecule has 2 heterocycles. The van der Waals surface area contributed by atoms with E-state index >= 15 is 0 Å². The fourth-order valence-corrected chi connectivity index (χ4v) is 3.86. The molecule has 4 nitrogen and oxygen atoms in total. The van der Waals surface area contributed by atoms with Gasteiger partial charge in [0.15, 0.2) is 0 Å². The number of hydrogen-bond donors (Lipinski definition) is 0. The number of aromatic nitrogens is 2. The Morgan fingerprint density at radius 2 is 2.11 bits per heavy atom. The van der Waals surface area contributed by atoms with Gasteiger partial charge in [0.2, 0.25) is 0 Å². The fraction of sp³-hybridized carbons (Fsp3) is 0.733. The maximum Gasteiger partial charge on any atom is 0.257 e. The summed E-state index contributed by atoms with van der Waals surface area (Å²) in [5, 5.41) is 4.12. The molecule has 2 fully saturated rings. The number of fused-ring (bicyclic) bond motifs is 1. The second-order valence-electron chi connectivity index (χ2n) is 6.18. The molecular weight excluding hydrogens is 238 g/mol. The Hall–Kier alpha value is -1.32. The van der Waals surface area contributed by atoms with Crippen LogP contribution in [0.2, 0.25) is 0 Å². The van der Waals surface area contributed by atoms with E-state index in [1.807, 2.05) is 13.2 Å². The summed E-state index contributed by atoms with van der Waals surface area (Å²) in [6.45, 7) is 3.27. The lowest BCUT2D eigenvalue weighted by Gasteiger charge is -2.47. The van der Waals surface area contributed by atoms with E-state index in [9.17, 15) is 4.79 Å². The molecule has 1 saturated carbocycles. The number of piperidine rings is 1. The molecule has 0 radical (unpaired) electrons. The van der Waals surface area contributed by atoms with Gasteiger partial charge in [0.1, 0.15) is 0 Å². The second-order valence-corrected chi connectivity index (χ2v) is 6.18. The second kappa shape index (κ2) is 4.99. The van der Waals surface area contributed by atoms with Gasteiger partial charge in [-0.1, -0.05) is 19.8 Å². The fourth-order valence-electron chi connectivity index (χ4n) is 3.86. The Bertz CT molecular complexity index is 468. The predicted octanol–water partition coefficient (Wildman–Crippen LogP) is 2.46. The quantitative estimate of drug-likeness (QED) is 0.779. The van der Waals surface area contributed by atoms with Gasteiger partial charge in [-0.05, 0) is 31.1 Å². The Labute approximate surface area is 114 Å². The van der Waals surface area contributed by atoms with Gasteiger partial charge >= 0.3 is 0 Å². The van der Waals surface area contributed by atoms with Gasteiger partial charge in [-0.15, -0.1) is 0 Å². The van der Waals surface area contributed by atoms with Crippen LogP contribution < -0.4 is 0 Å². The zero-order valence-electron chi connectivity index (χ0n) is 11.9. The molecule has 1 aliphatic heterocycles. The van der Waals surface area contributed by atoms with Crippen molar-refractivity contribution < 1.29 is 4.79 Å². The van der Waals surface area contributed by atoms with Gasteiger partial charge in [0.25, 0.3) is 5.91 Å². The summed E-state index contributed by atoms with van der Waals surface area (Å²) in [6.07, 6.45) is 9.75. The molecule has 1 amide bonds. The van der Waals surface area contributed by atoms with Gasteiger partial charge in [-0.3, -0.25) is 9.48 Å². The predicted molar refractivity (Wildman–Crippen MR) is 73.8 cm³/mol. The summed E-state index contributed by atoms with van der Waals surface area (Å²) in [6, 6.07) is 0.463. The molecule has 0 aromatic carbocycles. The lowest BCUT2D eigenvalue weighted by Crippen LogP contribution is -2.52. The van der Waals surface area contributed by atoms with Gasteiger partial charge in [0.05, 0.1) is 11.8 Å². The molecule has 0 N–H and O–H groups in total. The molecule has 0 unspecified atom stereocenters. The Balaban J connectivity index is 1.81. The first-order valence-electron chi connectivity index (χ1n) is 7.46. The molecule has 2 aliphatic rings. The third kappa shape index (κ3) is 2.28. The normalized spacial score (nSPS) is 31.1. The van der Waals surface area contributed by atoms with Crippen LogP contribution in [0.4, 0.5) is 0 Å². The van der Waals surface area contributed by atoms with E-state index in [0.717, 1.165) is 24.4 Å². The minimum atomic E-state index is 0.178.